The van der Waals surface area contributed by atoms with Gasteiger partial charge in [0.05, 0.1) is 24.6 Å². The minimum Gasteiger partial charge on any atom is -0.382 e. The van der Waals surface area contributed by atoms with E-state index in [0.29, 0.717) is 38.5 Å². The first-order chi connectivity index (χ1) is 13.6. The van der Waals surface area contributed by atoms with E-state index < -0.39 is 11.6 Å². The predicted molar refractivity (Wildman–Crippen MR) is 102 cm³/mol. The monoisotopic (exact) mass is 387 g/mol. The highest BCUT2D eigenvalue weighted by molar-refractivity contribution is 5.91. The van der Waals surface area contributed by atoms with Crippen LogP contribution in [0.3, 0.4) is 0 Å². The Balaban J connectivity index is 1.65. The fourth-order valence-corrected chi connectivity index (χ4v) is 3.61. The van der Waals surface area contributed by atoms with Crippen LogP contribution in [-0.4, -0.2) is 42.7 Å². The topological polar surface area (TPSA) is 37.4 Å². The molecule has 0 saturated carbocycles. The molecule has 0 amide bonds. The van der Waals surface area contributed by atoms with Crippen LogP contribution in [0.2, 0.25) is 0 Å². The maximum absolute atomic E-state index is 14.4. The molecule has 1 N–H and O–H groups in total. The lowest BCUT2D eigenvalue weighted by Crippen LogP contribution is -2.41. The number of halogens is 3. The zero-order valence-corrected chi connectivity index (χ0v) is 15.2. The van der Waals surface area contributed by atoms with Crippen molar-refractivity contribution in [3.63, 3.8) is 0 Å². The lowest BCUT2D eigenvalue weighted by Gasteiger charge is -2.35. The summed E-state index contributed by atoms with van der Waals surface area (Å²) < 4.78 is 47.6. The van der Waals surface area contributed by atoms with Crippen molar-refractivity contribution in [2.75, 3.05) is 38.2 Å². The summed E-state index contributed by atoms with van der Waals surface area (Å²) in [5.74, 6) is -1.42. The summed E-state index contributed by atoms with van der Waals surface area (Å²) >= 11 is 0. The van der Waals surface area contributed by atoms with Crippen molar-refractivity contribution in [1.29, 1.82) is 0 Å². The Morgan fingerprint density at radius 2 is 1.82 bits per heavy atom. The molecule has 1 fully saturated rings. The molecule has 3 aromatic rings. The van der Waals surface area contributed by atoms with Gasteiger partial charge in [0.2, 0.25) is 0 Å². The number of benzene rings is 2. The third kappa shape index (κ3) is 3.81. The summed E-state index contributed by atoms with van der Waals surface area (Å²) in [5, 5.41) is 3.33. The predicted octanol–water partition coefficient (Wildman–Crippen LogP) is 4.14. The fraction of sp³-hybridized carbons (Fsp3) is 0.286. The van der Waals surface area contributed by atoms with Crippen LogP contribution in [0.25, 0.3) is 10.9 Å². The molecule has 4 rings (SSSR count). The number of nitrogens with one attached hydrogen (secondary N) is 1. The van der Waals surface area contributed by atoms with Gasteiger partial charge in [0.25, 0.3) is 0 Å². The molecule has 1 unspecified atom stereocenters. The molecular formula is C21H20F3N3O. The SMILES string of the molecule is Fc1cccc(C(CNc2ccnc3c(F)ccc(F)c23)N2CCOCC2)c1. The number of pyridine rings is 1. The standard InChI is InChI=1S/C21H20F3N3O/c22-15-3-1-2-14(12-15)19(27-8-10-28-11-9-27)13-26-18-6-7-25-21-17(24)5-4-16(23)20(18)21/h1-7,12,19H,8-11,13H2,(H,25,26). The van der Waals surface area contributed by atoms with Crippen molar-refractivity contribution < 1.29 is 17.9 Å². The van der Waals surface area contributed by atoms with Crippen molar-refractivity contribution in [1.82, 2.24) is 9.88 Å². The number of rotatable bonds is 5. The van der Waals surface area contributed by atoms with Gasteiger partial charge < -0.3 is 10.1 Å². The molecule has 1 atom stereocenters. The molecule has 1 aromatic heterocycles. The summed E-state index contributed by atoms with van der Waals surface area (Å²) in [6, 6.07) is 10.1. The highest BCUT2D eigenvalue weighted by Gasteiger charge is 2.23. The Bertz CT molecular complexity index is 976. The maximum atomic E-state index is 14.4. The Hall–Kier alpha value is -2.64. The van der Waals surface area contributed by atoms with Gasteiger partial charge in [0.1, 0.15) is 23.0 Å². The summed E-state index contributed by atoms with van der Waals surface area (Å²) in [7, 11) is 0. The average molecular weight is 387 g/mol. The van der Waals surface area contributed by atoms with Gasteiger partial charge in [0.15, 0.2) is 0 Å². The highest BCUT2D eigenvalue weighted by atomic mass is 19.1. The zero-order valence-electron chi connectivity index (χ0n) is 15.2. The van der Waals surface area contributed by atoms with E-state index in [1.807, 2.05) is 6.07 Å². The molecule has 2 aromatic carbocycles. The second-order valence-corrected chi connectivity index (χ2v) is 6.71. The van der Waals surface area contributed by atoms with Crippen LogP contribution in [0.1, 0.15) is 11.6 Å². The highest BCUT2D eigenvalue weighted by Crippen LogP contribution is 2.29. The third-order valence-electron chi connectivity index (χ3n) is 5.00. The van der Waals surface area contributed by atoms with E-state index in [1.54, 1.807) is 12.1 Å². The number of ether oxygens (including phenoxy) is 1. The first kappa shape index (κ1) is 18.7. The largest absolute Gasteiger partial charge is 0.382 e. The van der Waals surface area contributed by atoms with Gasteiger partial charge in [-0.3, -0.25) is 9.88 Å². The van der Waals surface area contributed by atoms with Gasteiger partial charge in [-0.05, 0) is 35.9 Å². The van der Waals surface area contributed by atoms with Crippen LogP contribution in [0.5, 0.6) is 0 Å². The van der Waals surface area contributed by atoms with Gasteiger partial charge in [-0.15, -0.1) is 0 Å². The van der Waals surface area contributed by atoms with Crippen LogP contribution in [0, 0.1) is 17.5 Å². The molecule has 1 saturated heterocycles. The van der Waals surface area contributed by atoms with Crippen molar-refractivity contribution in [3.05, 3.63) is 71.7 Å². The number of anilines is 1. The molecule has 0 radical (unpaired) electrons. The van der Waals surface area contributed by atoms with E-state index >= 15 is 0 Å². The summed E-state index contributed by atoms with van der Waals surface area (Å²) in [4.78, 5) is 6.16. The van der Waals surface area contributed by atoms with E-state index in [0.717, 1.165) is 17.7 Å². The number of morpholine rings is 1. The van der Waals surface area contributed by atoms with Gasteiger partial charge in [0, 0.05) is 31.5 Å². The number of fused-ring (bicyclic) bond motifs is 1. The van der Waals surface area contributed by atoms with Crippen LogP contribution in [0.4, 0.5) is 18.9 Å². The number of hydrogen-bond donors (Lipinski definition) is 1. The second-order valence-electron chi connectivity index (χ2n) is 6.71. The van der Waals surface area contributed by atoms with E-state index in [-0.39, 0.29) is 22.8 Å². The second kappa shape index (κ2) is 8.16. The van der Waals surface area contributed by atoms with Crippen LogP contribution >= 0.6 is 0 Å². The summed E-state index contributed by atoms with van der Waals surface area (Å²) in [5.41, 5.74) is 1.26. The minimum atomic E-state index is -0.574. The maximum Gasteiger partial charge on any atom is 0.149 e. The molecule has 146 valence electrons. The smallest absolute Gasteiger partial charge is 0.149 e. The number of nitrogens with zero attached hydrogens (tertiary/aromatic N) is 2. The normalized spacial score (nSPS) is 16.2. The Labute approximate surface area is 160 Å². The molecule has 7 heteroatoms. The zero-order chi connectivity index (χ0) is 19.5. The quantitative estimate of drug-likeness (QED) is 0.714. The minimum absolute atomic E-state index is 0.0151. The van der Waals surface area contributed by atoms with Gasteiger partial charge in [-0.25, -0.2) is 13.2 Å². The van der Waals surface area contributed by atoms with Gasteiger partial charge in [-0.1, -0.05) is 12.1 Å². The van der Waals surface area contributed by atoms with E-state index in [9.17, 15) is 13.2 Å². The Morgan fingerprint density at radius 1 is 1.04 bits per heavy atom. The summed E-state index contributed by atoms with van der Waals surface area (Å²) in [6.07, 6.45) is 1.44. The Kier molecular flexibility index (Phi) is 5.45. The van der Waals surface area contributed by atoms with Gasteiger partial charge in [-0.2, -0.15) is 0 Å². The molecule has 2 heterocycles. The molecule has 0 aliphatic carbocycles. The molecular weight excluding hydrogens is 367 g/mol. The molecule has 0 spiro atoms. The molecule has 0 bridgehead atoms. The molecule has 1 aliphatic heterocycles. The Morgan fingerprint density at radius 3 is 2.61 bits per heavy atom. The molecule has 4 nitrogen and oxygen atoms in total. The number of aromatic nitrogens is 1. The first-order valence-electron chi connectivity index (χ1n) is 9.17. The van der Waals surface area contributed by atoms with E-state index in [2.05, 4.69) is 15.2 Å². The third-order valence-corrected chi connectivity index (χ3v) is 5.00. The van der Waals surface area contributed by atoms with E-state index in [1.165, 1.54) is 18.3 Å². The van der Waals surface area contributed by atoms with Crippen LogP contribution < -0.4 is 5.32 Å². The fourth-order valence-electron chi connectivity index (χ4n) is 3.61. The van der Waals surface area contributed by atoms with Crippen molar-refractivity contribution in [3.8, 4) is 0 Å². The average Bonchev–Trinajstić information content (AvgIpc) is 2.72. The summed E-state index contributed by atoms with van der Waals surface area (Å²) in [6.45, 7) is 3.03. The van der Waals surface area contributed by atoms with Crippen molar-refractivity contribution in [2.45, 2.75) is 6.04 Å². The van der Waals surface area contributed by atoms with Crippen LogP contribution in [-0.2, 0) is 4.74 Å². The van der Waals surface area contributed by atoms with Crippen molar-refractivity contribution >= 4 is 16.6 Å². The van der Waals surface area contributed by atoms with Crippen molar-refractivity contribution in [2.24, 2.45) is 0 Å². The van der Waals surface area contributed by atoms with Gasteiger partial charge >= 0.3 is 0 Å². The lowest BCUT2D eigenvalue weighted by molar-refractivity contribution is 0.0186. The van der Waals surface area contributed by atoms with E-state index in [4.69, 9.17) is 4.74 Å². The molecule has 28 heavy (non-hydrogen) atoms. The van der Waals surface area contributed by atoms with Crippen LogP contribution in [0.15, 0.2) is 48.7 Å². The number of hydrogen-bond acceptors (Lipinski definition) is 4. The first-order valence-corrected chi connectivity index (χ1v) is 9.17. The lowest BCUT2D eigenvalue weighted by atomic mass is 10.0. The molecule has 1 aliphatic rings.